The third-order valence-electron chi connectivity index (χ3n) is 3.46. The van der Waals surface area contributed by atoms with Gasteiger partial charge in [-0.05, 0) is 63.2 Å². The van der Waals surface area contributed by atoms with E-state index < -0.39 is 5.97 Å². The van der Waals surface area contributed by atoms with Crippen LogP contribution in [0.4, 0.5) is 5.69 Å². The van der Waals surface area contributed by atoms with Crippen LogP contribution in [0.25, 0.3) is 0 Å². The minimum absolute atomic E-state index is 0.0119. The van der Waals surface area contributed by atoms with Crippen LogP contribution in [0.2, 0.25) is 0 Å². The van der Waals surface area contributed by atoms with Gasteiger partial charge in [0.05, 0.1) is 12.2 Å². The van der Waals surface area contributed by atoms with Crippen molar-refractivity contribution in [3.8, 4) is 0 Å². The Bertz CT molecular complexity index is 798. The molecule has 0 unspecified atom stereocenters. The van der Waals surface area contributed by atoms with Crippen molar-refractivity contribution in [2.45, 2.75) is 26.8 Å². The lowest BCUT2D eigenvalue weighted by Crippen LogP contribution is -2.30. The first-order valence-corrected chi connectivity index (χ1v) is 8.40. The molecule has 6 heteroatoms. The molecule has 0 aliphatic carbocycles. The number of carbonyl (C=O) groups is 3. The van der Waals surface area contributed by atoms with Crippen LogP contribution < -0.4 is 10.6 Å². The molecule has 6 nitrogen and oxygen atoms in total. The summed E-state index contributed by atoms with van der Waals surface area (Å²) in [6.45, 7) is 5.78. The number of esters is 1. The van der Waals surface area contributed by atoms with Crippen LogP contribution in [0.5, 0.6) is 0 Å². The third kappa shape index (κ3) is 5.17. The second-order valence-corrected chi connectivity index (χ2v) is 5.96. The van der Waals surface area contributed by atoms with Crippen molar-refractivity contribution in [3.63, 3.8) is 0 Å². The third-order valence-corrected chi connectivity index (χ3v) is 3.46. The molecule has 2 rings (SSSR count). The highest BCUT2D eigenvalue weighted by atomic mass is 16.5. The zero-order valence-corrected chi connectivity index (χ0v) is 15.0. The van der Waals surface area contributed by atoms with E-state index in [1.54, 1.807) is 55.5 Å². The lowest BCUT2D eigenvalue weighted by Gasteiger charge is -2.10. The minimum atomic E-state index is -0.408. The molecule has 0 saturated carbocycles. The Kier molecular flexibility index (Phi) is 6.49. The molecule has 26 heavy (non-hydrogen) atoms. The summed E-state index contributed by atoms with van der Waals surface area (Å²) < 4.78 is 4.92. The van der Waals surface area contributed by atoms with Gasteiger partial charge < -0.3 is 15.4 Å². The highest BCUT2D eigenvalue weighted by Crippen LogP contribution is 2.13. The first kappa shape index (κ1) is 19.2. The Hall–Kier alpha value is -3.15. The highest BCUT2D eigenvalue weighted by molar-refractivity contribution is 6.06. The van der Waals surface area contributed by atoms with Gasteiger partial charge in [-0.15, -0.1) is 0 Å². The molecule has 2 aromatic carbocycles. The molecule has 0 spiro atoms. The van der Waals surface area contributed by atoms with Crippen molar-refractivity contribution in [3.05, 3.63) is 65.2 Å². The Labute approximate surface area is 152 Å². The average Bonchev–Trinajstić information content (AvgIpc) is 2.62. The summed E-state index contributed by atoms with van der Waals surface area (Å²) in [4.78, 5) is 36.1. The lowest BCUT2D eigenvalue weighted by molar-refractivity contribution is 0.0526. The maximum absolute atomic E-state index is 12.4. The summed E-state index contributed by atoms with van der Waals surface area (Å²) in [7, 11) is 0. The number of amides is 2. The molecule has 0 aliphatic rings. The second kappa shape index (κ2) is 8.80. The summed E-state index contributed by atoms with van der Waals surface area (Å²) in [6.07, 6.45) is 0. The number of hydrogen-bond donors (Lipinski definition) is 2. The first-order valence-electron chi connectivity index (χ1n) is 8.40. The number of hydrogen-bond acceptors (Lipinski definition) is 4. The van der Waals surface area contributed by atoms with Gasteiger partial charge in [-0.2, -0.15) is 0 Å². The molecule has 2 amide bonds. The first-order chi connectivity index (χ1) is 12.4. The van der Waals surface area contributed by atoms with Crippen LogP contribution in [0.15, 0.2) is 48.5 Å². The molecule has 0 fully saturated rings. The number of carbonyl (C=O) groups excluding carboxylic acids is 3. The normalized spacial score (nSPS) is 10.3. The summed E-state index contributed by atoms with van der Waals surface area (Å²) >= 11 is 0. The van der Waals surface area contributed by atoms with E-state index in [1.165, 1.54) is 0 Å². The molecule has 0 heterocycles. The van der Waals surface area contributed by atoms with Crippen LogP contribution in [0, 0.1) is 0 Å². The number of anilines is 1. The SMILES string of the molecule is CCOC(=O)c1ccc(NC(=O)c2cccc(C(=O)NC(C)C)c2)cc1. The predicted octanol–water partition coefficient (Wildman–Crippen LogP) is 3.25. The lowest BCUT2D eigenvalue weighted by atomic mass is 10.1. The predicted molar refractivity (Wildman–Crippen MR) is 99.4 cm³/mol. The van der Waals surface area contributed by atoms with Gasteiger partial charge in [-0.1, -0.05) is 6.07 Å². The van der Waals surface area contributed by atoms with Gasteiger partial charge in [0.2, 0.25) is 0 Å². The van der Waals surface area contributed by atoms with Gasteiger partial charge in [0.1, 0.15) is 0 Å². The number of rotatable bonds is 6. The maximum atomic E-state index is 12.4. The molecule has 0 radical (unpaired) electrons. The van der Waals surface area contributed by atoms with Gasteiger partial charge in [0, 0.05) is 22.9 Å². The molecule has 0 bridgehead atoms. The second-order valence-electron chi connectivity index (χ2n) is 5.96. The smallest absolute Gasteiger partial charge is 0.338 e. The van der Waals surface area contributed by atoms with Gasteiger partial charge >= 0.3 is 5.97 Å². The molecule has 2 N–H and O–H groups in total. The van der Waals surface area contributed by atoms with Gasteiger partial charge in [-0.3, -0.25) is 9.59 Å². The Morgan fingerprint density at radius 3 is 2.12 bits per heavy atom. The van der Waals surface area contributed by atoms with Gasteiger partial charge in [0.25, 0.3) is 11.8 Å². The fourth-order valence-corrected chi connectivity index (χ4v) is 2.25. The van der Waals surface area contributed by atoms with Crippen molar-refractivity contribution in [2.75, 3.05) is 11.9 Å². The van der Waals surface area contributed by atoms with Crippen molar-refractivity contribution >= 4 is 23.5 Å². The summed E-state index contributed by atoms with van der Waals surface area (Å²) in [6, 6.07) is 12.9. The maximum Gasteiger partial charge on any atom is 0.338 e. The van der Waals surface area contributed by atoms with E-state index in [2.05, 4.69) is 10.6 Å². The summed E-state index contributed by atoms with van der Waals surface area (Å²) in [5.41, 5.74) is 1.75. The van der Waals surface area contributed by atoms with Gasteiger partial charge in [0.15, 0.2) is 0 Å². The van der Waals surface area contributed by atoms with Crippen molar-refractivity contribution < 1.29 is 19.1 Å². The standard InChI is InChI=1S/C20H22N2O4/c1-4-26-20(25)14-8-10-17(11-9-14)22-19(24)16-7-5-6-15(12-16)18(23)21-13(2)3/h5-13H,4H2,1-3H3,(H,21,23)(H,22,24). The van der Waals surface area contributed by atoms with E-state index in [4.69, 9.17) is 4.74 Å². The monoisotopic (exact) mass is 354 g/mol. The Morgan fingerprint density at radius 1 is 0.923 bits per heavy atom. The molecule has 0 aromatic heterocycles. The summed E-state index contributed by atoms with van der Waals surface area (Å²) in [5.74, 6) is -0.976. The topological polar surface area (TPSA) is 84.5 Å². The van der Waals surface area contributed by atoms with Crippen LogP contribution in [-0.4, -0.2) is 30.4 Å². The Balaban J connectivity index is 2.08. The van der Waals surface area contributed by atoms with E-state index >= 15 is 0 Å². The van der Waals surface area contributed by atoms with Crippen molar-refractivity contribution in [1.82, 2.24) is 5.32 Å². The molecule has 0 atom stereocenters. The molecule has 0 saturated heterocycles. The molecule has 2 aromatic rings. The van der Waals surface area contributed by atoms with E-state index in [0.717, 1.165) is 0 Å². The minimum Gasteiger partial charge on any atom is -0.462 e. The number of nitrogens with one attached hydrogen (secondary N) is 2. The van der Waals surface area contributed by atoms with Crippen LogP contribution >= 0.6 is 0 Å². The van der Waals surface area contributed by atoms with Crippen LogP contribution in [0.3, 0.4) is 0 Å². The zero-order valence-electron chi connectivity index (χ0n) is 15.0. The van der Waals surface area contributed by atoms with Crippen molar-refractivity contribution in [2.24, 2.45) is 0 Å². The molecular weight excluding hydrogens is 332 g/mol. The summed E-state index contributed by atoms with van der Waals surface area (Å²) in [5, 5.41) is 5.53. The fourth-order valence-electron chi connectivity index (χ4n) is 2.25. The average molecular weight is 354 g/mol. The number of ether oxygens (including phenoxy) is 1. The van der Waals surface area contributed by atoms with Crippen molar-refractivity contribution in [1.29, 1.82) is 0 Å². The quantitative estimate of drug-likeness (QED) is 0.780. The Morgan fingerprint density at radius 2 is 1.54 bits per heavy atom. The van der Waals surface area contributed by atoms with Crippen LogP contribution in [-0.2, 0) is 4.74 Å². The van der Waals surface area contributed by atoms with E-state index in [0.29, 0.717) is 29.0 Å². The van der Waals surface area contributed by atoms with E-state index in [1.807, 2.05) is 13.8 Å². The molecule has 136 valence electrons. The largest absolute Gasteiger partial charge is 0.462 e. The molecule has 0 aliphatic heterocycles. The van der Waals surface area contributed by atoms with Gasteiger partial charge in [-0.25, -0.2) is 4.79 Å². The number of benzene rings is 2. The highest BCUT2D eigenvalue weighted by Gasteiger charge is 2.12. The van der Waals surface area contributed by atoms with E-state index in [9.17, 15) is 14.4 Å². The zero-order chi connectivity index (χ0) is 19.1. The molecular formula is C20H22N2O4. The van der Waals surface area contributed by atoms with E-state index in [-0.39, 0.29) is 17.9 Å². The fraction of sp³-hybridized carbons (Fsp3) is 0.250. The van der Waals surface area contributed by atoms with Crippen LogP contribution in [0.1, 0.15) is 51.8 Å².